The second-order valence-electron chi connectivity index (χ2n) is 7.26. The monoisotopic (exact) mass is 354 g/mol. The lowest BCUT2D eigenvalue weighted by Crippen LogP contribution is -2.19. The van der Waals surface area contributed by atoms with Crippen LogP contribution < -0.4 is 10.6 Å². The van der Waals surface area contributed by atoms with Crippen LogP contribution in [0.25, 0.3) is 11.1 Å². The molecular weight excluding hydrogens is 332 g/mol. The summed E-state index contributed by atoms with van der Waals surface area (Å²) in [5.41, 5.74) is 3.21. The van der Waals surface area contributed by atoms with Gasteiger partial charge in [0, 0.05) is 12.6 Å². The van der Waals surface area contributed by atoms with E-state index in [1.807, 2.05) is 27.8 Å². The maximum atomic E-state index is 12.9. The van der Waals surface area contributed by atoms with Gasteiger partial charge in [-0.3, -0.25) is 9.48 Å². The molecule has 0 bridgehead atoms. The highest BCUT2D eigenvalue weighted by atomic mass is 16.3. The third kappa shape index (κ3) is 2.71. The van der Waals surface area contributed by atoms with Crippen LogP contribution in [-0.4, -0.2) is 31.2 Å². The molecule has 3 heterocycles. The Morgan fingerprint density at radius 1 is 1.27 bits per heavy atom. The largest absolute Gasteiger partial charge is 0.445 e. The van der Waals surface area contributed by atoms with Crippen molar-refractivity contribution in [1.82, 2.24) is 19.7 Å². The lowest BCUT2D eigenvalue weighted by Gasteiger charge is -2.14. The zero-order chi connectivity index (χ0) is 18.6. The molecule has 8 nitrogen and oxygen atoms in total. The number of aryl methyl sites for hydroxylation is 3. The zero-order valence-electron chi connectivity index (χ0n) is 15.6. The Morgan fingerprint density at radius 3 is 2.62 bits per heavy atom. The minimum absolute atomic E-state index is 0.0231. The number of aromatic nitrogens is 4. The summed E-state index contributed by atoms with van der Waals surface area (Å²) in [4.78, 5) is 21.8. The molecule has 136 valence electrons. The third-order valence-electron chi connectivity index (χ3n) is 4.96. The molecule has 0 unspecified atom stereocenters. The van der Waals surface area contributed by atoms with Crippen LogP contribution in [0.5, 0.6) is 0 Å². The maximum absolute atomic E-state index is 12.9. The van der Waals surface area contributed by atoms with E-state index in [0.29, 0.717) is 34.0 Å². The van der Waals surface area contributed by atoms with Gasteiger partial charge in [-0.1, -0.05) is 0 Å². The molecule has 0 aliphatic heterocycles. The van der Waals surface area contributed by atoms with Crippen LogP contribution in [0.2, 0.25) is 0 Å². The number of hydrogen-bond donors (Lipinski definition) is 2. The van der Waals surface area contributed by atoms with E-state index < -0.39 is 0 Å². The molecule has 1 amide bonds. The fraction of sp³-hybridized carbons (Fsp3) is 0.444. The van der Waals surface area contributed by atoms with E-state index in [0.717, 1.165) is 24.2 Å². The fourth-order valence-corrected chi connectivity index (χ4v) is 3.04. The van der Waals surface area contributed by atoms with Crippen LogP contribution in [-0.2, 0) is 7.05 Å². The molecule has 1 fully saturated rings. The van der Waals surface area contributed by atoms with Crippen molar-refractivity contribution < 1.29 is 9.21 Å². The van der Waals surface area contributed by atoms with Crippen LogP contribution in [0.3, 0.4) is 0 Å². The van der Waals surface area contributed by atoms with Gasteiger partial charge in [0.1, 0.15) is 17.9 Å². The lowest BCUT2D eigenvalue weighted by atomic mass is 10.2. The minimum Gasteiger partial charge on any atom is -0.445 e. The number of anilines is 2. The average Bonchev–Trinajstić information content (AvgIpc) is 3.05. The highest BCUT2D eigenvalue weighted by molar-refractivity contribution is 6.14. The second-order valence-corrected chi connectivity index (χ2v) is 7.26. The molecule has 1 aliphatic rings. The molecule has 0 spiro atoms. The Kier molecular flexibility index (Phi) is 3.54. The van der Waals surface area contributed by atoms with Crippen LogP contribution in [0.1, 0.15) is 47.3 Å². The summed E-state index contributed by atoms with van der Waals surface area (Å²) in [6.07, 6.45) is 3.59. The van der Waals surface area contributed by atoms with Gasteiger partial charge < -0.3 is 15.1 Å². The Morgan fingerprint density at radius 2 is 2.00 bits per heavy atom. The van der Waals surface area contributed by atoms with Gasteiger partial charge in [-0.05, 0) is 40.5 Å². The molecule has 3 aromatic rings. The molecule has 0 radical (unpaired) electrons. The summed E-state index contributed by atoms with van der Waals surface area (Å²) < 4.78 is 7.30. The molecule has 2 N–H and O–H groups in total. The summed E-state index contributed by atoms with van der Waals surface area (Å²) in [5.74, 6) is 0.981. The van der Waals surface area contributed by atoms with Gasteiger partial charge in [0.15, 0.2) is 0 Å². The Bertz CT molecular complexity index is 1030. The quantitative estimate of drug-likeness (QED) is 0.747. The number of nitrogens with zero attached hydrogens (tertiary/aromatic N) is 4. The summed E-state index contributed by atoms with van der Waals surface area (Å²) in [5, 5.41) is 11.3. The standard InChI is InChI=1S/C18H22N6O2/c1-9-14(10(2)24(5)23-9)21-16(25)12-8-26-17-13(12)15(19-11(3)20-17)22-18(4)6-7-18/h8H,6-7H2,1-5H3,(H,21,25)(H,19,20,22). The van der Waals surface area contributed by atoms with Gasteiger partial charge >= 0.3 is 0 Å². The van der Waals surface area contributed by atoms with Crippen molar-refractivity contribution >= 4 is 28.5 Å². The Balaban J connectivity index is 1.75. The van der Waals surface area contributed by atoms with Crippen LogP contribution in [0.15, 0.2) is 10.7 Å². The predicted molar refractivity (Wildman–Crippen MR) is 98.4 cm³/mol. The van der Waals surface area contributed by atoms with Crippen LogP contribution in [0.4, 0.5) is 11.5 Å². The number of carbonyl (C=O) groups is 1. The summed E-state index contributed by atoms with van der Waals surface area (Å²) in [6, 6.07) is 0. The van der Waals surface area contributed by atoms with Gasteiger partial charge in [-0.25, -0.2) is 4.98 Å². The first kappa shape index (κ1) is 16.6. The molecule has 0 atom stereocenters. The Hall–Kier alpha value is -2.90. The van der Waals surface area contributed by atoms with Gasteiger partial charge in [0.05, 0.1) is 28.0 Å². The van der Waals surface area contributed by atoms with Gasteiger partial charge in [0.25, 0.3) is 5.91 Å². The smallest absolute Gasteiger partial charge is 0.259 e. The van der Waals surface area contributed by atoms with E-state index in [2.05, 4.69) is 32.6 Å². The Labute approximate surface area is 151 Å². The molecule has 8 heteroatoms. The van der Waals surface area contributed by atoms with Crippen LogP contribution in [0, 0.1) is 20.8 Å². The predicted octanol–water partition coefficient (Wildman–Crippen LogP) is 3.10. The zero-order valence-corrected chi connectivity index (χ0v) is 15.6. The summed E-state index contributed by atoms with van der Waals surface area (Å²) in [6.45, 7) is 7.73. The number of amides is 1. The number of carbonyl (C=O) groups excluding carboxylic acids is 1. The highest BCUT2D eigenvalue weighted by Crippen LogP contribution is 2.40. The van der Waals surface area contributed by atoms with Crippen molar-refractivity contribution in [2.45, 2.75) is 46.1 Å². The SMILES string of the molecule is Cc1nc(NC2(C)CC2)c2c(C(=O)Nc3c(C)nn(C)c3C)coc2n1. The van der Waals surface area contributed by atoms with E-state index in [1.165, 1.54) is 6.26 Å². The van der Waals surface area contributed by atoms with Crippen molar-refractivity contribution in [1.29, 1.82) is 0 Å². The van der Waals surface area contributed by atoms with E-state index in [9.17, 15) is 4.79 Å². The summed E-state index contributed by atoms with van der Waals surface area (Å²) >= 11 is 0. The fourth-order valence-electron chi connectivity index (χ4n) is 3.04. The molecule has 1 saturated carbocycles. The van der Waals surface area contributed by atoms with Gasteiger partial charge in [-0.15, -0.1) is 0 Å². The first-order chi connectivity index (χ1) is 12.3. The number of nitrogens with one attached hydrogen (secondary N) is 2. The number of fused-ring (bicyclic) bond motifs is 1. The molecule has 0 aromatic carbocycles. The van der Waals surface area contributed by atoms with Crippen molar-refractivity contribution in [2.24, 2.45) is 7.05 Å². The highest BCUT2D eigenvalue weighted by Gasteiger charge is 2.38. The first-order valence-electron chi connectivity index (χ1n) is 8.63. The maximum Gasteiger partial charge on any atom is 0.259 e. The lowest BCUT2D eigenvalue weighted by molar-refractivity contribution is 0.102. The molecule has 0 saturated heterocycles. The molecule has 3 aromatic heterocycles. The van der Waals surface area contributed by atoms with Gasteiger partial charge in [0.2, 0.25) is 5.71 Å². The molecule has 1 aliphatic carbocycles. The van der Waals surface area contributed by atoms with Crippen molar-refractivity contribution in [3.63, 3.8) is 0 Å². The third-order valence-corrected chi connectivity index (χ3v) is 4.96. The number of hydrogen-bond acceptors (Lipinski definition) is 6. The molecule has 4 rings (SSSR count). The number of rotatable bonds is 4. The van der Waals surface area contributed by atoms with Crippen molar-refractivity contribution in [3.05, 3.63) is 29.0 Å². The minimum atomic E-state index is -0.264. The van der Waals surface area contributed by atoms with Crippen molar-refractivity contribution in [3.8, 4) is 0 Å². The van der Waals surface area contributed by atoms with E-state index in [-0.39, 0.29) is 11.4 Å². The molecular formula is C18H22N6O2. The number of furan rings is 1. The first-order valence-corrected chi connectivity index (χ1v) is 8.63. The average molecular weight is 354 g/mol. The second kappa shape index (κ2) is 5.55. The topological polar surface area (TPSA) is 97.9 Å². The normalized spacial score (nSPS) is 15.3. The van der Waals surface area contributed by atoms with E-state index >= 15 is 0 Å². The van der Waals surface area contributed by atoms with Crippen LogP contribution >= 0.6 is 0 Å². The van der Waals surface area contributed by atoms with Crippen molar-refractivity contribution in [2.75, 3.05) is 10.6 Å². The summed E-state index contributed by atoms with van der Waals surface area (Å²) in [7, 11) is 1.85. The van der Waals surface area contributed by atoms with E-state index in [4.69, 9.17) is 4.42 Å². The van der Waals surface area contributed by atoms with Gasteiger partial charge in [-0.2, -0.15) is 10.1 Å². The molecule has 26 heavy (non-hydrogen) atoms. The van der Waals surface area contributed by atoms with E-state index in [1.54, 1.807) is 4.68 Å².